The number of pyridine rings is 1. The fraction of sp³-hybridized carbons (Fsp3) is 0.500. The summed E-state index contributed by atoms with van der Waals surface area (Å²) >= 11 is 0. The van der Waals surface area contributed by atoms with E-state index in [0.29, 0.717) is 19.6 Å². The fourth-order valence-corrected chi connectivity index (χ4v) is 1.49. The van der Waals surface area contributed by atoms with Crippen LogP contribution in [0.2, 0.25) is 0 Å². The van der Waals surface area contributed by atoms with Crippen molar-refractivity contribution >= 4 is 5.91 Å². The number of carbonyl (C=O) groups is 1. The number of hydrogen-bond donors (Lipinski definition) is 1. The van der Waals surface area contributed by atoms with Crippen LogP contribution in [-0.4, -0.2) is 42.6 Å². The highest BCUT2D eigenvalue weighted by atomic mass is 16.5. The first-order valence-electron chi connectivity index (χ1n) is 5.53. The molecule has 0 saturated carbocycles. The molecule has 94 valence electrons. The van der Waals surface area contributed by atoms with E-state index in [4.69, 9.17) is 10.5 Å². The van der Waals surface area contributed by atoms with Crippen molar-refractivity contribution in [2.45, 2.75) is 19.0 Å². The van der Waals surface area contributed by atoms with Crippen LogP contribution < -0.4 is 5.73 Å². The molecule has 0 aliphatic rings. The van der Waals surface area contributed by atoms with Gasteiger partial charge in [0, 0.05) is 39.7 Å². The van der Waals surface area contributed by atoms with E-state index in [1.165, 1.54) is 0 Å². The van der Waals surface area contributed by atoms with Crippen LogP contribution in [0.5, 0.6) is 0 Å². The summed E-state index contributed by atoms with van der Waals surface area (Å²) in [6.07, 6.45) is 3.98. The van der Waals surface area contributed by atoms with E-state index in [1.54, 1.807) is 31.5 Å². The van der Waals surface area contributed by atoms with Crippen molar-refractivity contribution in [3.63, 3.8) is 0 Å². The molecule has 5 nitrogen and oxygen atoms in total. The molecule has 1 aromatic rings. The Kier molecular flexibility index (Phi) is 5.59. The van der Waals surface area contributed by atoms with Gasteiger partial charge in [-0.2, -0.15) is 0 Å². The Labute approximate surface area is 102 Å². The van der Waals surface area contributed by atoms with Gasteiger partial charge in [-0.05, 0) is 18.1 Å². The van der Waals surface area contributed by atoms with E-state index >= 15 is 0 Å². The summed E-state index contributed by atoms with van der Waals surface area (Å²) in [5.74, 6) is -0.0779. The molecule has 1 rings (SSSR count). The lowest BCUT2D eigenvalue weighted by atomic mass is 10.2. The minimum atomic E-state index is -0.503. The molecule has 17 heavy (non-hydrogen) atoms. The Morgan fingerprint density at radius 2 is 2.41 bits per heavy atom. The molecule has 0 spiro atoms. The summed E-state index contributed by atoms with van der Waals surface area (Å²) in [5, 5.41) is 0. The number of amides is 1. The summed E-state index contributed by atoms with van der Waals surface area (Å²) < 4.78 is 4.90. The van der Waals surface area contributed by atoms with E-state index < -0.39 is 6.04 Å². The summed E-state index contributed by atoms with van der Waals surface area (Å²) in [4.78, 5) is 17.5. The second kappa shape index (κ2) is 6.98. The van der Waals surface area contributed by atoms with Crippen LogP contribution in [0.15, 0.2) is 24.5 Å². The molecular weight excluding hydrogens is 218 g/mol. The number of likely N-dealkylation sites (N-methyl/N-ethyl adjacent to an activating group) is 1. The molecule has 0 aliphatic carbocycles. The molecule has 0 fully saturated rings. The van der Waals surface area contributed by atoms with Gasteiger partial charge in [-0.25, -0.2) is 0 Å². The smallest absolute Gasteiger partial charge is 0.239 e. The molecule has 1 heterocycles. The maximum atomic E-state index is 11.9. The Hall–Kier alpha value is -1.46. The van der Waals surface area contributed by atoms with Crippen molar-refractivity contribution in [1.82, 2.24) is 9.88 Å². The van der Waals surface area contributed by atoms with Crippen molar-refractivity contribution in [1.29, 1.82) is 0 Å². The number of nitrogens with two attached hydrogens (primary N) is 1. The summed E-state index contributed by atoms with van der Waals surface area (Å²) in [6, 6.07) is 3.27. The number of carbonyl (C=O) groups excluding carboxylic acids is 1. The SMILES string of the molecule is COCCC(N)C(=O)N(C)Cc1cccnc1. The molecule has 0 bridgehead atoms. The van der Waals surface area contributed by atoms with Crippen molar-refractivity contribution in [3.05, 3.63) is 30.1 Å². The highest BCUT2D eigenvalue weighted by molar-refractivity contribution is 5.81. The van der Waals surface area contributed by atoms with Crippen LogP contribution >= 0.6 is 0 Å². The van der Waals surface area contributed by atoms with Gasteiger partial charge in [0.15, 0.2) is 0 Å². The number of hydrogen-bond acceptors (Lipinski definition) is 4. The highest BCUT2D eigenvalue weighted by Crippen LogP contribution is 2.03. The lowest BCUT2D eigenvalue weighted by molar-refractivity contribution is -0.132. The van der Waals surface area contributed by atoms with Crippen molar-refractivity contribution < 1.29 is 9.53 Å². The van der Waals surface area contributed by atoms with Gasteiger partial charge in [0.05, 0.1) is 6.04 Å². The van der Waals surface area contributed by atoms with Crippen LogP contribution in [0.3, 0.4) is 0 Å². The fourth-order valence-electron chi connectivity index (χ4n) is 1.49. The van der Waals surface area contributed by atoms with Gasteiger partial charge in [0.2, 0.25) is 5.91 Å². The first kappa shape index (κ1) is 13.6. The van der Waals surface area contributed by atoms with Gasteiger partial charge in [0.25, 0.3) is 0 Å². The van der Waals surface area contributed by atoms with Crippen LogP contribution in [0.25, 0.3) is 0 Å². The minimum Gasteiger partial charge on any atom is -0.385 e. The third-order valence-electron chi connectivity index (χ3n) is 2.47. The quantitative estimate of drug-likeness (QED) is 0.777. The van der Waals surface area contributed by atoms with E-state index in [0.717, 1.165) is 5.56 Å². The summed E-state index contributed by atoms with van der Waals surface area (Å²) in [5.41, 5.74) is 6.76. The van der Waals surface area contributed by atoms with Crippen molar-refractivity contribution in [2.75, 3.05) is 20.8 Å². The van der Waals surface area contributed by atoms with Crippen molar-refractivity contribution in [3.8, 4) is 0 Å². The minimum absolute atomic E-state index is 0.0779. The number of methoxy groups -OCH3 is 1. The molecule has 0 aliphatic heterocycles. The molecular formula is C12H19N3O2. The van der Waals surface area contributed by atoms with Crippen LogP contribution in [0.1, 0.15) is 12.0 Å². The largest absolute Gasteiger partial charge is 0.385 e. The third-order valence-corrected chi connectivity index (χ3v) is 2.47. The number of ether oxygens (including phenoxy) is 1. The normalized spacial score (nSPS) is 12.2. The van der Waals surface area contributed by atoms with Crippen molar-refractivity contribution in [2.24, 2.45) is 5.73 Å². The van der Waals surface area contributed by atoms with Crippen LogP contribution in [0.4, 0.5) is 0 Å². The van der Waals surface area contributed by atoms with E-state index in [9.17, 15) is 4.79 Å². The number of aromatic nitrogens is 1. The Morgan fingerprint density at radius 3 is 3.00 bits per heavy atom. The highest BCUT2D eigenvalue weighted by Gasteiger charge is 2.17. The Bertz CT molecular complexity index is 343. The molecule has 1 aromatic heterocycles. The molecule has 0 saturated heterocycles. The predicted octanol–water partition coefficient (Wildman–Crippen LogP) is 0.404. The van der Waals surface area contributed by atoms with E-state index in [2.05, 4.69) is 4.98 Å². The van der Waals surface area contributed by atoms with Gasteiger partial charge in [-0.3, -0.25) is 9.78 Å². The number of nitrogens with zero attached hydrogens (tertiary/aromatic N) is 2. The molecule has 0 radical (unpaired) electrons. The van der Waals surface area contributed by atoms with Gasteiger partial charge in [0.1, 0.15) is 0 Å². The molecule has 2 N–H and O–H groups in total. The van der Waals surface area contributed by atoms with Crippen LogP contribution in [-0.2, 0) is 16.1 Å². The molecule has 5 heteroatoms. The lowest BCUT2D eigenvalue weighted by Crippen LogP contribution is -2.42. The van der Waals surface area contributed by atoms with E-state index in [-0.39, 0.29) is 5.91 Å². The molecule has 1 unspecified atom stereocenters. The average Bonchev–Trinajstić information content (AvgIpc) is 2.36. The maximum absolute atomic E-state index is 11.9. The second-order valence-corrected chi connectivity index (χ2v) is 3.94. The topological polar surface area (TPSA) is 68.5 Å². The lowest BCUT2D eigenvalue weighted by Gasteiger charge is -2.21. The summed E-state index contributed by atoms with van der Waals surface area (Å²) in [6.45, 7) is 1.01. The van der Waals surface area contributed by atoms with E-state index in [1.807, 2.05) is 12.1 Å². The predicted molar refractivity (Wildman–Crippen MR) is 65.2 cm³/mol. The zero-order valence-corrected chi connectivity index (χ0v) is 10.3. The van der Waals surface area contributed by atoms with Gasteiger partial charge in [-0.15, -0.1) is 0 Å². The molecule has 1 atom stereocenters. The van der Waals surface area contributed by atoms with Gasteiger partial charge < -0.3 is 15.4 Å². The van der Waals surface area contributed by atoms with Crippen LogP contribution in [0, 0.1) is 0 Å². The zero-order valence-electron chi connectivity index (χ0n) is 10.3. The first-order chi connectivity index (χ1) is 8.15. The molecule has 0 aromatic carbocycles. The summed E-state index contributed by atoms with van der Waals surface area (Å²) in [7, 11) is 3.33. The maximum Gasteiger partial charge on any atom is 0.239 e. The second-order valence-electron chi connectivity index (χ2n) is 3.94. The first-order valence-corrected chi connectivity index (χ1v) is 5.53. The Balaban J connectivity index is 2.47. The monoisotopic (exact) mass is 237 g/mol. The van der Waals surface area contributed by atoms with Gasteiger partial charge in [-0.1, -0.05) is 6.07 Å². The standard InChI is InChI=1S/C12H19N3O2/c1-15(9-10-4-3-6-14-8-10)12(16)11(13)5-7-17-2/h3-4,6,8,11H,5,7,9,13H2,1-2H3. The van der Waals surface area contributed by atoms with Gasteiger partial charge >= 0.3 is 0 Å². The third kappa shape index (κ3) is 4.50. The Morgan fingerprint density at radius 1 is 1.65 bits per heavy atom. The number of rotatable bonds is 6. The zero-order chi connectivity index (χ0) is 12.7. The average molecular weight is 237 g/mol. The molecule has 1 amide bonds.